The third kappa shape index (κ3) is 5.36. The molecule has 2 nitrogen and oxygen atoms in total. The van der Waals surface area contributed by atoms with Gasteiger partial charge in [0.2, 0.25) is 0 Å². The molecule has 0 atom stereocenters. The first-order valence-electron chi connectivity index (χ1n) is 18.5. The van der Waals surface area contributed by atoms with Crippen LogP contribution in [0.15, 0.2) is 218 Å². The smallest absolute Gasteiger partial charge is 0.0618 e. The molecule has 0 radical (unpaired) electrons. The van der Waals surface area contributed by atoms with Gasteiger partial charge in [-0.1, -0.05) is 170 Å². The molecule has 0 aromatic heterocycles. The predicted molar refractivity (Wildman–Crippen MR) is 231 cm³/mol. The summed E-state index contributed by atoms with van der Waals surface area (Å²) in [6, 6.07) is 79.0. The van der Waals surface area contributed by atoms with Crippen LogP contribution in [-0.4, -0.2) is 0 Å². The zero-order chi connectivity index (χ0) is 35.8. The highest BCUT2D eigenvalue weighted by molar-refractivity contribution is 6.17. The van der Waals surface area contributed by atoms with E-state index in [0.29, 0.717) is 0 Å². The maximum absolute atomic E-state index is 2.47. The van der Waals surface area contributed by atoms with Crippen molar-refractivity contribution in [1.29, 1.82) is 0 Å². The summed E-state index contributed by atoms with van der Waals surface area (Å²) < 4.78 is 0. The fourth-order valence-corrected chi connectivity index (χ4v) is 8.19. The lowest BCUT2D eigenvalue weighted by Crippen LogP contribution is -2.14. The van der Waals surface area contributed by atoms with Crippen molar-refractivity contribution in [1.82, 2.24) is 0 Å². The molecule has 2 heteroatoms. The molecular formula is C52H36N2. The van der Waals surface area contributed by atoms with Crippen molar-refractivity contribution in [3.8, 4) is 11.1 Å². The monoisotopic (exact) mass is 688 g/mol. The number of benzene rings is 10. The first-order valence-corrected chi connectivity index (χ1v) is 18.5. The molecule has 254 valence electrons. The summed E-state index contributed by atoms with van der Waals surface area (Å²) >= 11 is 0. The molecular weight excluding hydrogens is 653 g/mol. The number of rotatable bonds is 7. The van der Waals surface area contributed by atoms with Crippen molar-refractivity contribution in [3.63, 3.8) is 0 Å². The number of nitrogens with zero attached hydrogens (tertiary/aromatic N) is 2. The second kappa shape index (κ2) is 13.4. The first-order chi connectivity index (χ1) is 26.8. The summed E-state index contributed by atoms with van der Waals surface area (Å²) in [5.41, 5.74) is 9.02. The number of para-hydroxylation sites is 4. The van der Waals surface area contributed by atoms with Crippen LogP contribution in [0.1, 0.15) is 0 Å². The highest BCUT2D eigenvalue weighted by atomic mass is 15.2. The Morgan fingerprint density at radius 3 is 0.870 bits per heavy atom. The molecule has 10 aromatic carbocycles. The Bertz CT molecular complexity index is 2640. The molecule has 0 amide bonds. The Hall–Kier alpha value is -7.16. The summed E-state index contributed by atoms with van der Waals surface area (Å²) in [6.07, 6.45) is 0. The van der Waals surface area contributed by atoms with Gasteiger partial charge in [-0.2, -0.15) is 0 Å². The van der Waals surface area contributed by atoms with E-state index in [1.807, 2.05) is 0 Å². The minimum absolute atomic E-state index is 1.10. The van der Waals surface area contributed by atoms with Crippen LogP contribution in [-0.2, 0) is 0 Å². The maximum atomic E-state index is 2.47. The SMILES string of the molecule is c1ccc(N(c2ccccc2-c2ccccc2N(c2ccccc2)c2c3ccccc3cc3ccccc23)c2c3ccccc3cc3ccccc23)cc1. The van der Waals surface area contributed by atoms with E-state index in [1.165, 1.54) is 54.5 Å². The fraction of sp³-hybridized carbons (Fsp3) is 0. The van der Waals surface area contributed by atoms with Crippen molar-refractivity contribution in [2.75, 3.05) is 9.80 Å². The van der Waals surface area contributed by atoms with E-state index in [1.54, 1.807) is 0 Å². The third-order valence-corrected chi connectivity index (χ3v) is 10.5. The van der Waals surface area contributed by atoms with E-state index in [4.69, 9.17) is 0 Å². The van der Waals surface area contributed by atoms with E-state index in [0.717, 1.165) is 33.9 Å². The van der Waals surface area contributed by atoms with Gasteiger partial charge in [0, 0.05) is 44.0 Å². The van der Waals surface area contributed by atoms with Gasteiger partial charge in [0.25, 0.3) is 0 Å². The van der Waals surface area contributed by atoms with Gasteiger partial charge in [-0.05, 0) is 70.1 Å². The lowest BCUT2D eigenvalue weighted by atomic mass is 9.95. The second-order valence-corrected chi connectivity index (χ2v) is 13.7. The van der Waals surface area contributed by atoms with Crippen molar-refractivity contribution in [2.24, 2.45) is 0 Å². The summed E-state index contributed by atoms with van der Waals surface area (Å²) in [6.45, 7) is 0. The molecule has 0 aliphatic heterocycles. The summed E-state index contributed by atoms with van der Waals surface area (Å²) in [7, 11) is 0. The molecule has 10 rings (SSSR count). The number of hydrogen-bond donors (Lipinski definition) is 0. The molecule has 10 aromatic rings. The lowest BCUT2D eigenvalue weighted by molar-refractivity contribution is 1.29. The summed E-state index contributed by atoms with van der Waals surface area (Å²) in [4.78, 5) is 4.94. The van der Waals surface area contributed by atoms with Crippen LogP contribution in [0.25, 0.3) is 54.2 Å². The largest absolute Gasteiger partial charge is 0.309 e. The van der Waals surface area contributed by atoms with Crippen molar-refractivity contribution < 1.29 is 0 Å². The highest BCUT2D eigenvalue weighted by Crippen LogP contribution is 2.51. The minimum Gasteiger partial charge on any atom is -0.309 e. The van der Waals surface area contributed by atoms with Gasteiger partial charge in [-0.15, -0.1) is 0 Å². The van der Waals surface area contributed by atoms with Gasteiger partial charge >= 0.3 is 0 Å². The van der Waals surface area contributed by atoms with Crippen LogP contribution in [0.2, 0.25) is 0 Å². The molecule has 0 fully saturated rings. The zero-order valence-corrected chi connectivity index (χ0v) is 29.7. The van der Waals surface area contributed by atoms with Crippen molar-refractivity contribution >= 4 is 77.2 Å². The van der Waals surface area contributed by atoms with Crippen LogP contribution >= 0.6 is 0 Å². The topological polar surface area (TPSA) is 6.48 Å². The van der Waals surface area contributed by atoms with E-state index in [-0.39, 0.29) is 0 Å². The Labute approximate surface area is 315 Å². The van der Waals surface area contributed by atoms with Crippen LogP contribution in [0.4, 0.5) is 34.1 Å². The number of hydrogen-bond acceptors (Lipinski definition) is 2. The van der Waals surface area contributed by atoms with Crippen molar-refractivity contribution in [3.05, 3.63) is 218 Å². The second-order valence-electron chi connectivity index (χ2n) is 13.7. The standard InChI is InChI=1S/C52H36N2/c1-3-23-41(24-4-1)53(51-43-27-11-7-19-37(43)35-38-20-8-12-28-44(38)51)49-33-17-15-31-47(49)48-32-16-18-34-50(48)54(42-25-5-2-6-26-42)52-45-29-13-9-21-39(45)36-40-22-10-14-30-46(40)52/h1-36H. The van der Waals surface area contributed by atoms with Gasteiger partial charge < -0.3 is 9.80 Å². The Morgan fingerprint density at radius 1 is 0.241 bits per heavy atom. The Kier molecular flexibility index (Phi) is 7.85. The van der Waals surface area contributed by atoms with Crippen LogP contribution in [0, 0.1) is 0 Å². The normalized spacial score (nSPS) is 11.3. The minimum atomic E-state index is 1.10. The third-order valence-electron chi connectivity index (χ3n) is 10.5. The molecule has 0 saturated heterocycles. The average Bonchev–Trinajstić information content (AvgIpc) is 3.24. The molecule has 0 spiro atoms. The van der Waals surface area contributed by atoms with E-state index in [2.05, 4.69) is 228 Å². The Morgan fingerprint density at radius 2 is 0.519 bits per heavy atom. The maximum Gasteiger partial charge on any atom is 0.0618 e. The molecule has 0 aliphatic rings. The van der Waals surface area contributed by atoms with Crippen molar-refractivity contribution in [2.45, 2.75) is 0 Å². The fourth-order valence-electron chi connectivity index (χ4n) is 8.19. The Balaban J connectivity index is 1.29. The molecule has 0 aliphatic carbocycles. The summed E-state index contributed by atoms with van der Waals surface area (Å²) in [5.74, 6) is 0. The van der Waals surface area contributed by atoms with Gasteiger partial charge in [-0.3, -0.25) is 0 Å². The summed E-state index contributed by atoms with van der Waals surface area (Å²) in [5, 5.41) is 9.66. The lowest BCUT2D eigenvalue weighted by Gasteiger charge is -2.33. The van der Waals surface area contributed by atoms with Crippen LogP contribution < -0.4 is 9.80 Å². The molecule has 0 unspecified atom stereocenters. The molecule has 0 saturated carbocycles. The quantitative estimate of drug-likeness (QED) is 0.154. The van der Waals surface area contributed by atoms with Gasteiger partial charge in [0.1, 0.15) is 0 Å². The van der Waals surface area contributed by atoms with Gasteiger partial charge in [0.05, 0.1) is 22.7 Å². The number of anilines is 6. The van der Waals surface area contributed by atoms with E-state index >= 15 is 0 Å². The molecule has 0 bridgehead atoms. The van der Waals surface area contributed by atoms with E-state index in [9.17, 15) is 0 Å². The first kappa shape index (κ1) is 31.6. The highest BCUT2D eigenvalue weighted by Gasteiger charge is 2.25. The van der Waals surface area contributed by atoms with Gasteiger partial charge in [0.15, 0.2) is 0 Å². The molecule has 54 heavy (non-hydrogen) atoms. The average molecular weight is 689 g/mol. The van der Waals surface area contributed by atoms with E-state index < -0.39 is 0 Å². The van der Waals surface area contributed by atoms with Gasteiger partial charge in [-0.25, -0.2) is 0 Å². The zero-order valence-electron chi connectivity index (χ0n) is 29.7. The molecule has 0 N–H and O–H groups in total. The predicted octanol–water partition coefficient (Wildman–Crippen LogP) is 14.9. The van der Waals surface area contributed by atoms with Crippen LogP contribution in [0.5, 0.6) is 0 Å². The van der Waals surface area contributed by atoms with Crippen LogP contribution in [0.3, 0.4) is 0 Å². The number of fused-ring (bicyclic) bond motifs is 4. The molecule has 0 heterocycles.